The number of pyridine rings is 2. The molecule has 4 heterocycles. The summed E-state index contributed by atoms with van der Waals surface area (Å²) in [7, 11) is 0. The summed E-state index contributed by atoms with van der Waals surface area (Å²) in [5.41, 5.74) is 10.00. The van der Waals surface area contributed by atoms with Crippen LogP contribution in [0.15, 0.2) is 84.9 Å². The standard InChI is InChI=1S/C29H22N4.Pt/c1-18-22-11-3-5-13-24(22)32-28(18)26-15-7-9-20(30-26)17-21-10-8-16-27(31-21)29-19(2)23-12-4-6-14-25(23)33-29;/h3-16H,17H2,1-2H3;/q-2;+2. The third-order valence-corrected chi connectivity index (χ3v) is 6.25. The Kier molecular flexibility index (Phi) is 5.93. The molecule has 6 aromatic rings. The number of benzene rings is 2. The van der Waals surface area contributed by atoms with E-state index in [4.69, 9.17) is 19.9 Å². The fourth-order valence-corrected chi connectivity index (χ4v) is 4.54. The van der Waals surface area contributed by atoms with Gasteiger partial charge in [-0.15, -0.1) is 22.4 Å². The molecule has 4 aromatic heterocycles. The number of para-hydroxylation sites is 2. The zero-order valence-corrected chi connectivity index (χ0v) is 21.2. The van der Waals surface area contributed by atoms with Crippen molar-refractivity contribution < 1.29 is 21.1 Å². The van der Waals surface area contributed by atoms with E-state index in [1.54, 1.807) is 0 Å². The molecule has 0 aliphatic carbocycles. The van der Waals surface area contributed by atoms with Crippen molar-refractivity contribution in [2.24, 2.45) is 0 Å². The molecular weight excluding hydrogens is 599 g/mol. The molecule has 34 heavy (non-hydrogen) atoms. The summed E-state index contributed by atoms with van der Waals surface area (Å²) < 4.78 is 0. The maximum atomic E-state index is 4.93. The molecule has 0 fully saturated rings. The van der Waals surface area contributed by atoms with Gasteiger partial charge in [0.25, 0.3) is 0 Å². The SMILES string of the molecule is Cc1c(-c2cccc(Cc3cccc(-c4[n-]c5ccccc5c4C)n3)n2)[n-]c2ccccc12.[Pt+2]. The van der Waals surface area contributed by atoms with Crippen molar-refractivity contribution in [1.29, 1.82) is 0 Å². The predicted molar refractivity (Wildman–Crippen MR) is 133 cm³/mol. The first-order chi connectivity index (χ1) is 16.2. The predicted octanol–water partition coefficient (Wildman–Crippen LogP) is 6.24. The normalized spacial score (nSPS) is 11.1. The van der Waals surface area contributed by atoms with Crippen LogP contribution in [0.5, 0.6) is 0 Å². The second kappa shape index (κ2) is 9.04. The van der Waals surface area contributed by atoms with E-state index in [9.17, 15) is 0 Å². The van der Waals surface area contributed by atoms with Crippen LogP contribution in [0.3, 0.4) is 0 Å². The molecule has 0 spiro atoms. The second-order valence-electron chi connectivity index (χ2n) is 8.41. The molecule has 0 saturated heterocycles. The van der Waals surface area contributed by atoms with E-state index in [1.807, 2.05) is 36.4 Å². The summed E-state index contributed by atoms with van der Waals surface area (Å²) in [6.07, 6.45) is 0.653. The summed E-state index contributed by atoms with van der Waals surface area (Å²) in [6.45, 7) is 4.23. The molecule has 0 unspecified atom stereocenters. The second-order valence-corrected chi connectivity index (χ2v) is 8.41. The number of aryl methyl sites for hydroxylation is 2. The number of nitrogens with zero attached hydrogens (tertiary/aromatic N) is 4. The average molecular weight is 622 g/mol. The van der Waals surface area contributed by atoms with Gasteiger partial charge in [0, 0.05) is 29.2 Å². The van der Waals surface area contributed by atoms with Crippen LogP contribution in [0.1, 0.15) is 22.5 Å². The molecule has 6 rings (SSSR count). The summed E-state index contributed by atoms with van der Waals surface area (Å²) in [6, 6.07) is 28.7. The first kappa shape index (κ1) is 22.3. The quantitative estimate of drug-likeness (QED) is 0.234. The minimum atomic E-state index is 0. The Bertz CT molecular complexity index is 1500. The summed E-state index contributed by atoms with van der Waals surface area (Å²) in [4.78, 5) is 19.5. The fourth-order valence-electron chi connectivity index (χ4n) is 4.54. The van der Waals surface area contributed by atoms with E-state index >= 15 is 0 Å². The minimum absolute atomic E-state index is 0. The smallest absolute Gasteiger partial charge is 0.655 e. The number of fused-ring (bicyclic) bond motifs is 2. The van der Waals surface area contributed by atoms with Crippen LogP contribution in [0.25, 0.3) is 44.6 Å². The van der Waals surface area contributed by atoms with Gasteiger partial charge in [0.05, 0.1) is 0 Å². The third kappa shape index (κ3) is 3.89. The van der Waals surface area contributed by atoms with Gasteiger partial charge >= 0.3 is 21.1 Å². The van der Waals surface area contributed by atoms with E-state index < -0.39 is 0 Å². The molecule has 0 aliphatic heterocycles. The van der Waals surface area contributed by atoms with Crippen LogP contribution in [0.2, 0.25) is 0 Å². The van der Waals surface area contributed by atoms with Crippen LogP contribution in [-0.4, -0.2) is 9.97 Å². The first-order valence-corrected chi connectivity index (χ1v) is 11.1. The van der Waals surface area contributed by atoms with Gasteiger partial charge in [-0.1, -0.05) is 71.8 Å². The van der Waals surface area contributed by atoms with E-state index in [-0.39, 0.29) is 21.1 Å². The summed E-state index contributed by atoms with van der Waals surface area (Å²) in [5.74, 6) is 0. The number of aromatic nitrogens is 4. The summed E-state index contributed by atoms with van der Waals surface area (Å²) in [5, 5.41) is 2.36. The minimum Gasteiger partial charge on any atom is -0.655 e. The largest absolute Gasteiger partial charge is 2.00 e. The van der Waals surface area contributed by atoms with Crippen molar-refractivity contribution in [3.05, 3.63) is 107 Å². The number of hydrogen-bond acceptors (Lipinski definition) is 2. The van der Waals surface area contributed by atoms with Crippen molar-refractivity contribution >= 4 is 21.8 Å². The maximum Gasteiger partial charge on any atom is 2.00 e. The fraction of sp³-hybridized carbons (Fsp3) is 0.103. The van der Waals surface area contributed by atoms with Crippen LogP contribution >= 0.6 is 0 Å². The van der Waals surface area contributed by atoms with Crippen molar-refractivity contribution in [1.82, 2.24) is 19.9 Å². The molecule has 0 saturated carbocycles. The monoisotopic (exact) mass is 621 g/mol. The first-order valence-electron chi connectivity index (χ1n) is 11.1. The number of hydrogen-bond donors (Lipinski definition) is 0. The van der Waals surface area contributed by atoms with Gasteiger partial charge in [0.2, 0.25) is 0 Å². The molecule has 0 radical (unpaired) electrons. The Labute approximate surface area is 212 Å². The molecule has 4 nitrogen and oxygen atoms in total. The topological polar surface area (TPSA) is 54.0 Å². The molecule has 2 aromatic carbocycles. The zero-order chi connectivity index (χ0) is 22.4. The Morgan fingerprint density at radius 3 is 1.44 bits per heavy atom. The molecule has 5 heteroatoms. The van der Waals surface area contributed by atoms with Crippen molar-refractivity contribution in [2.75, 3.05) is 0 Å². The van der Waals surface area contributed by atoms with Gasteiger partial charge in [-0.05, 0) is 48.9 Å². The Hall–Kier alpha value is -3.49. The average Bonchev–Trinajstić information content (AvgIpc) is 3.37. The third-order valence-electron chi connectivity index (χ3n) is 6.25. The Morgan fingerprint density at radius 2 is 1.00 bits per heavy atom. The van der Waals surface area contributed by atoms with Gasteiger partial charge in [0.1, 0.15) is 0 Å². The van der Waals surface area contributed by atoms with E-state index in [0.717, 1.165) is 45.2 Å². The molecule has 0 aliphatic rings. The van der Waals surface area contributed by atoms with Crippen molar-refractivity contribution in [2.45, 2.75) is 20.3 Å². The zero-order valence-electron chi connectivity index (χ0n) is 18.9. The van der Waals surface area contributed by atoms with Gasteiger partial charge in [-0.25, -0.2) is 0 Å². The van der Waals surface area contributed by atoms with Gasteiger partial charge in [0.15, 0.2) is 0 Å². The van der Waals surface area contributed by atoms with E-state index in [0.29, 0.717) is 6.42 Å². The van der Waals surface area contributed by atoms with E-state index in [2.05, 4.69) is 62.4 Å². The summed E-state index contributed by atoms with van der Waals surface area (Å²) >= 11 is 0. The van der Waals surface area contributed by atoms with Crippen LogP contribution in [-0.2, 0) is 27.5 Å². The molecule has 0 atom stereocenters. The van der Waals surface area contributed by atoms with E-state index in [1.165, 1.54) is 21.9 Å². The molecule has 0 bridgehead atoms. The molecule has 168 valence electrons. The Balaban J connectivity index is 0.00000241. The Morgan fingerprint density at radius 1 is 0.559 bits per heavy atom. The van der Waals surface area contributed by atoms with Crippen molar-refractivity contribution in [3.63, 3.8) is 0 Å². The molecule has 0 amide bonds. The van der Waals surface area contributed by atoms with Crippen molar-refractivity contribution in [3.8, 4) is 22.8 Å². The van der Waals surface area contributed by atoms with Gasteiger partial charge in [-0.3, -0.25) is 9.97 Å². The van der Waals surface area contributed by atoms with Crippen LogP contribution in [0.4, 0.5) is 0 Å². The molecular formula is C29H22N4Pt. The number of rotatable bonds is 4. The molecule has 0 N–H and O–H groups in total. The van der Waals surface area contributed by atoms with Gasteiger partial charge < -0.3 is 9.97 Å². The maximum absolute atomic E-state index is 4.93. The van der Waals surface area contributed by atoms with Gasteiger partial charge in [-0.2, -0.15) is 0 Å². The van der Waals surface area contributed by atoms with Crippen LogP contribution < -0.4 is 9.97 Å². The van der Waals surface area contributed by atoms with Crippen LogP contribution in [0, 0.1) is 13.8 Å².